The molecule has 6 nitrogen and oxygen atoms in total. The summed E-state index contributed by atoms with van der Waals surface area (Å²) in [6.07, 6.45) is 0. The normalized spacial score (nSPS) is 16.0. The Labute approximate surface area is 165 Å². The van der Waals surface area contributed by atoms with Gasteiger partial charge in [-0.3, -0.25) is 14.5 Å². The number of carbonyl (C=O) groups is 1. The van der Waals surface area contributed by atoms with Crippen LogP contribution in [-0.2, 0) is 21.4 Å². The van der Waals surface area contributed by atoms with Crippen molar-refractivity contribution in [2.24, 2.45) is 4.99 Å². The SMILES string of the molecule is CCN(Cc1cc(Br)ccc1F)C(=O)CN=C1NS(=O)(=O)c2ccccc21. The molecule has 142 valence electrons. The number of benzene rings is 2. The first-order chi connectivity index (χ1) is 12.8. The minimum Gasteiger partial charge on any atom is -0.337 e. The molecule has 3 rings (SSSR count). The molecule has 1 aliphatic rings. The van der Waals surface area contributed by atoms with Gasteiger partial charge in [0.15, 0.2) is 0 Å². The fraction of sp³-hybridized carbons (Fsp3) is 0.222. The van der Waals surface area contributed by atoms with E-state index in [1.807, 2.05) is 0 Å². The lowest BCUT2D eigenvalue weighted by Gasteiger charge is -2.20. The first kappa shape index (κ1) is 19.5. The van der Waals surface area contributed by atoms with Crippen molar-refractivity contribution in [1.29, 1.82) is 0 Å². The number of nitrogens with one attached hydrogen (secondary N) is 1. The maximum Gasteiger partial charge on any atom is 0.263 e. The van der Waals surface area contributed by atoms with E-state index in [9.17, 15) is 17.6 Å². The Hall–Kier alpha value is -2.26. The maximum absolute atomic E-state index is 13.9. The summed E-state index contributed by atoms with van der Waals surface area (Å²) >= 11 is 3.29. The smallest absolute Gasteiger partial charge is 0.263 e. The van der Waals surface area contributed by atoms with Gasteiger partial charge < -0.3 is 4.90 Å². The van der Waals surface area contributed by atoms with Crippen LogP contribution in [0, 0.1) is 5.82 Å². The van der Waals surface area contributed by atoms with Gasteiger partial charge in [-0.2, -0.15) is 0 Å². The average Bonchev–Trinajstić information content (AvgIpc) is 2.91. The maximum atomic E-state index is 13.9. The topological polar surface area (TPSA) is 78.8 Å². The number of rotatable bonds is 5. The molecular formula is C18H17BrFN3O3S. The second-order valence-corrected chi connectivity index (χ2v) is 8.48. The minimum atomic E-state index is -3.65. The van der Waals surface area contributed by atoms with Crippen LogP contribution in [0.5, 0.6) is 0 Å². The molecule has 0 fully saturated rings. The summed E-state index contributed by atoms with van der Waals surface area (Å²) in [5.41, 5.74) is 0.825. The van der Waals surface area contributed by atoms with Gasteiger partial charge in [-0.25, -0.2) is 12.8 Å². The fourth-order valence-corrected chi connectivity index (χ4v) is 4.40. The summed E-state index contributed by atoms with van der Waals surface area (Å²) in [4.78, 5) is 18.3. The highest BCUT2D eigenvalue weighted by Gasteiger charge is 2.30. The molecule has 27 heavy (non-hydrogen) atoms. The van der Waals surface area contributed by atoms with E-state index < -0.39 is 15.8 Å². The number of aliphatic imine (C=N–C) groups is 1. The van der Waals surface area contributed by atoms with E-state index in [1.54, 1.807) is 37.3 Å². The van der Waals surface area contributed by atoms with Crippen molar-refractivity contribution in [1.82, 2.24) is 9.62 Å². The molecule has 0 bridgehead atoms. The van der Waals surface area contributed by atoms with E-state index in [0.29, 0.717) is 17.7 Å². The Morgan fingerprint density at radius 1 is 1.26 bits per heavy atom. The third kappa shape index (κ3) is 4.19. The first-order valence-electron chi connectivity index (χ1n) is 8.20. The van der Waals surface area contributed by atoms with Gasteiger partial charge in [0.1, 0.15) is 18.2 Å². The van der Waals surface area contributed by atoms with Crippen LogP contribution in [-0.4, -0.2) is 38.2 Å². The Kier molecular flexibility index (Phi) is 5.61. The van der Waals surface area contributed by atoms with E-state index in [1.165, 1.54) is 17.0 Å². The molecular weight excluding hydrogens is 437 g/mol. The standard InChI is InChI=1S/C18H17BrFN3O3S/c1-2-23(11-12-9-13(19)7-8-15(12)20)17(24)10-21-18-14-5-3-4-6-16(14)27(25,26)22-18/h3-9H,2,10-11H2,1H3,(H,21,22). The molecule has 2 aromatic carbocycles. The molecule has 1 N–H and O–H groups in total. The van der Waals surface area contributed by atoms with E-state index in [4.69, 9.17) is 0 Å². The van der Waals surface area contributed by atoms with Gasteiger partial charge in [0.05, 0.1) is 4.90 Å². The second kappa shape index (κ2) is 7.77. The number of fused-ring (bicyclic) bond motifs is 1. The molecule has 1 aliphatic heterocycles. The number of amidine groups is 1. The Balaban J connectivity index is 1.76. The van der Waals surface area contributed by atoms with Crippen LogP contribution < -0.4 is 4.72 Å². The molecule has 0 radical (unpaired) electrons. The Morgan fingerprint density at radius 3 is 2.74 bits per heavy atom. The van der Waals surface area contributed by atoms with Crippen molar-refractivity contribution >= 4 is 37.7 Å². The predicted octanol–water partition coefficient (Wildman–Crippen LogP) is 2.68. The summed E-state index contributed by atoms with van der Waals surface area (Å²) in [6, 6.07) is 11.0. The van der Waals surface area contributed by atoms with Crippen molar-refractivity contribution in [3.8, 4) is 0 Å². The van der Waals surface area contributed by atoms with Gasteiger partial charge in [-0.15, -0.1) is 0 Å². The van der Waals surface area contributed by atoms with Gasteiger partial charge >= 0.3 is 0 Å². The fourth-order valence-electron chi connectivity index (χ4n) is 2.74. The zero-order valence-electron chi connectivity index (χ0n) is 14.4. The highest BCUT2D eigenvalue weighted by molar-refractivity contribution is 9.10. The van der Waals surface area contributed by atoms with Crippen molar-refractivity contribution < 1.29 is 17.6 Å². The summed E-state index contributed by atoms with van der Waals surface area (Å²) in [5.74, 6) is -0.579. The van der Waals surface area contributed by atoms with E-state index >= 15 is 0 Å². The quantitative estimate of drug-likeness (QED) is 0.755. The molecule has 0 unspecified atom stereocenters. The van der Waals surface area contributed by atoms with Gasteiger partial charge in [0.25, 0.3) is 10.0 Å². The van der Waals surface area contributed by atoms with E-state index in [-0.39, 0.29) is 29.7 Å². The zero-order valence-corrected chi connectivity index (χ0v) is 16.8. The van der Waals surface area contributed by atoms with Crippen LogP contribution in [0.1, 0.15) is 18.1 Å². The number of hydrogen-bond acceptors (Lipinski definition) is 4. The molecule has 1 amide bonds. The summed E-state index contributed by atoms with van der Waals surface area (Å²) < 4.78 is 41.2. The molecule has 0 atom stereocenters. The predicted molar refractivity (Wildman–Crippen MR) is 103 cm³/mol. The summed E-state index contributed by atoms with van der Waals surface area (Å²) in [6.45, 7) is 2.02. The number of nitrogens with zero attached hydrogens (tertiary/aromatic N) is 2. The molecule has 0 saturated heterocycles. The first-order valence-corrected chi connectivity index (χ1v) is 10.5. The van der Waals surface area contributed by atoms with Crippen LogP contribution in [0.4, 0.5) is 4.39 Å². The third-order valence-corrected chi connectivity index (χ3v) is 6.03. The molecule has 0 spiro atoms. The number of hydrogen-bond donors (Lipinski definition) is 1. The summed E-state index contributed by atoms with van der Waals surface area (Å²) in [7, 11) is -3.65. The number of carbonyl (C=O) groups excluding carboxylic acids is 1. The lowest BCUT2D eigenvalue weighted by Crippen LogP contribution is -2.33. The van der Waals surface area contributed by atoms with Gasteiger partial charge in [-0.05, 0) is 37.3 Å². The highest BCUT2D eigenvalue weighted by atomic mass is 79.9. The third-order valence-electron chi connectivity index (χ3n) is 4.14. The minimum absolute atomic E-state index is 0.105. The Bertz CT molecular complexity index is 1020. The Morgan fingerprint density at radius 2 is 2.00 bits per heavy atom. The average molecular weight is 454 g/mol. The van der Waals surface area contributed by atoms with Crippen LogP contribution in [0.15, 0.2) is 56.8 Å². The molecule has 9 heteroatoms. The van der Waals surface area contributed by atoms with Crippen LogP contribution in [0.3, 0.4) is 0 Å². The molecule has 0 aromatic heterocycles. The van der Waals surface area contributed by atoms with Crippen molar-refractivity contribution in [2.45, 2.75) is 18.4 Å². The van der Waals surface area contributed by atoms with Crippen molar-refractivity contribution in [3.05, 3.63) is 63.9 Å². The van der Waals surface area contributed by atoms with Crippen LogP contribution in [0.25, 0.3) is 0 Å². The monoisotopic (exact) mass is 453 g/mol. The molecule has 0 aliphatic carbocycles. The second-order valence-electron chi connectivity index (χ2n) is 5.91. The molecule has 2 aromatic rings. The highest BCUT2D eigenvalue weighted by Crippen LogP contribution is 2.22. The van der Waals surface area contributed by atoms with Gasteiger partial charge in [0, 0.05) is 28.7 Å². The van der Waals surface area contributed by atoms with Gasteiger partial charge in [0.2, 0.25) is 5.91 Å². The van der Waals surface area contributed by atoms with Crippen LogP contribution >= 0.6 is 15.9 Å². The zero-order chi connectivity index (χ0) is 19.6. The molecule has 0 saturated carbocycles. The number of likely N-dealkylation sites (N-methyl/N-ethyl adjacent to an activating group) is 1. The number of sulfonamides is 1. The van der Waals surface area contributed by atoms with E-state index in [2.05, 4.69) is 25.6 Å². The lowest BCUT2D eigenvalue weighted by atomic mass is 10.2. The number of amides is 1. The lowest BCUT2D eigenvalue weighted by molar-refractivity contribution is -0.130. The number of halogens is 2. The van der Waals surface area contributed by atoms with Crippen molar-refractivity contribution in [3.63, 3.8) is 0 Å². The summed E-state index contributed by atoms with van der Waals surface area (Å²) in [5, 5.41) is 0. The van der Waals surface area contributed by atoms with Gasteiger partial charge in [-0.1, -0.05) is 28.1 Å². The van der Waals surface area contributed by atoms with Crippen molar-refractivity contribution in [2.75, 3.05) is 13.1 Å². The molecule has 1 heterocycles. The largest absolute Gasteiger partial charge is 0.337 e. The van der Waals surface area contributed by atoms with E-state index in [0.717, 1.165) is 4.47 Å². The van der Waals surface area contributed by atoms with Crippen LogP contribution in [0.2, 0.25) is 0 Å².